The summed E-state index contributed by atoms with van der Waals surface area (Å²) in [6.07, 6.45) is 3.75. The molecule has 17 heavy (non-hydrogen) atoms. The first-order chi connectivity index (χ1) is 7.79. The molecule has 0 aromatic carbocycles. The average molecular weight is 239 g/mol. The molecule has 0 spiro atoms. The minimum Gasteiger partial charge on any atom is -0.480 e. The third kappa shape index (κ3) is 2.14. The Morgan fingerprint density at radius 3 is 2.41 bits per heavy atom. The Hall–Kier alpha value is -1.52. The maximum atomic E-state index is 12.0. The van der Waals surface area contributed by atoms with Gasteiger partial charge in [0.2, 0.25) is 0 Å². The Morgan fingerprint density at radius 2 is 2.00 bits per heavy atom. The highest BCUT2D eigenvalue weighted by Gasteiger charge is 2.49. The fraction of sp³-hybridized carbons (Fsp3) is 0.667. The zero-order valence-corrected chi connectivity index (χ0v) is 10.2. The van der Waals surface area contributed by atoms with Gasteiger partial charge in [0.15, 0.2) is 0 Å². The minimum atomic E-state index is -0.966. The molecule has 1 N–H and O–H groups in total. The van der Waals surface area contributed by atoms with Crippen LogP contribution in [0, 0.1) is 5.92 Å². The molecule has 5 heteroatoms. The normalized spacial score (nSPS) is 30.8. The first-order valence-corrected chi connectivity index (χ1v) is 5.72. The zero-order chi connectivity index (χ0) is 12.8. The van der Waals surface area contributed by atoms with Gasteiger partial charge in [-0.1, -0.05) is 12.2 Å². The van der Waals surface area contributed by atoms with Crippen molar-refractivity contribution in [2.24, 2.45) is 5.92 Å². The van der Waals surface area contributed by atoms with Crippen molar-refractivity contribution in [3.8, 4) is 0 Å². The second-order valence-corrected chi connectivity index (χ2v) is 5.52. The van der Waals surface area contributed by atoms with Crippen LogP contribution in [0.15, 0.2) is 12.2 Å². The number of carboxylic acid groups (broad SMARTS) is 1. The summed E-state index contributed by atoms with van der Waals surface area (Å²) in [5.74, 6) is -0.796. The quantitative estimate of drug-likeness (QED) is 0.706. The molecule has 94 valence electrons. The predicted octanol–water partition coefficient (Wildman–Crippen LogP) is 1.64. The fourth-order valence-electron chi connectivity index (χ4n) is 2.25. The van der Waals surface area contributed by atoms with Crippen molar-refractivity contribution in [3.05, 3.63) is 12.2 Å². The van der Waals surface area contributed by atoms with E-state index in [0.717, 1.165) is 0 Å². The molecular weight excluding hydrogens is 222 g/mol. The van der Waals surface area contributed by atoms with Gasteiger partial charge in [-0.2, -0.15) is 0 Å². The van der Waals surface area contributed by atoms with E-state index in [4.69, 9.17) is 9.84 Å². The van der Waals surface area contributed by atoms with Crippen molar-refractivity contribution in [1.82, 2.24) is 4.90 Å². The van der Waals surface area contributed by atoms with Crippen molar-refractivity contribution in [1.29, 1.82) is 0 Å². The smallest absolute Gasteiger partial charge is 0.411 e. The number of carboxylic acids is 1. The van der Waals surface area contributed by atoms with Crippen molar-refractivity contribution in [3.63, 3.8) is 0 Å². The Labute approximate surface area is 100 Å². The van der Waals surface area contributed by atoms with Crippen LogP contribution in [0.2, 0.25) is 0 Å². The number of hydrogen-bond acceptors (Lipinski definition) is 3. The molecule has 2 rings (SSSR count). The summed E-state index contributed by atoms with van der Waals surface area (Å²) in [5.41, 5.74) is -0.605. The molecule has 0 aromatic heterocycles. The number of rotatable bonds is 1. The second-order valence-electron chi connectivity index (χ2n) is 5.52. The second kappa shape index (κ2) is 3.75. The van der Waals surface area contributed by atoms with Crippen LogP contribution in [0.4, 0.5) is 4.79 Å². The number of carbonyl (C=O) groups excluding carboxylic acids is 1. The van der Waals surface area contributed by atoms with Crippen LogP contribution >= 0.6 is 0 Å². The van der Waals surface area contributed by atoms with Gasteiger partial charge in [-0.05, 0) is 27.2 Å². The number of likely N-dealkylation sites (tertiary alicyclic amines) is 1. The molecule has 0 unspecified atom stereocenters. The monoisotopic (exact) mass is 239 g/mol. The lowest BCUT2D eigenvalue weighted by Crippen LogP contribution is -2.48. The molecule has 1 amide bonds. The van der Waals surface area contributed by atoms with E-state index in [1.54, 1.807) is 20.8 Å². The number of fused-ring (bicyclic) bond motifs is 1. The molecule has 2 aliphatic rings. The molecule has 0 radical (unpaired) electrons. The van der Waals surface area contributed by atoms with Gasteiger partial charge >= 0.3 is 12.1 Å². The lowest BCUT2D eigenvalue weighted by molar-refractivity contribution is -0.142. The van der Waals surface area contributed by atoms with E-state index in [9.17, 15) is 9.59 Å². The molecule has 1 fully saturated rings. The molecule has 1 aliphatic heterocycles. The number of amides is 1. The van der Waals surface area contributed by atoms with Gasteiger partial charge in [0.1, 0.15) is 11.6 Å². The first kappa shape index (κ1) is 12.0. The fourth-order valence-corrected chi connectivity index (χ4v) is 2.25. The summed E-state index contributed by atoms with van der Waals surface area (Å²) in [6, 6.07) is -0.874. The highest BCUT2D eigenvalue weighted by atomic mass is 16.6. The maximum absolute atomic E-state index is 12.0. The zero-order valence-electron chi connectivity index (χ0n) is 10.2. The van der Waals surface area contributed by atoms with Crippen molar-refractivity contribution in [2.45, 2.75) is 44.9 Å². The number of aliphatic carboxylic acids is 1. The first-order valence-electron chi connectivity index (χ1n) is 5.72. The van der Waals surface area contributed by atoms with Crippen LogP contribution in [0.5, 0.6) is 0 Å². The average Bonchev–Trinajstić information content (AvgIpc) is 2.35. The molecule has 1 saturated heterocycles. The van der Waals surface area contributed by atoms with Gasteiger partial charge in [-0.15, -0.1) is 0 Å². The van der Waals surface area contributed by atoms with Crippen molar-refractivity contribution in [2.75, 3.05) is 0 Å². The summed E-state index contributed by atoms with van der Waals surface area (Å²) in [6.45, 7) is 5.31. The van der Waals surface area contributed by atoms with E-state index in [2.05, 4.69) is 0 Å². The van der Waals surface area contributed by atoms with Gasteiger partial charge in [0.05, 0.1) is 6.04 Å². The van der Waals surface area contributed by atoms with E-state index < -0.39 is 23.7 Å². The molecule has 3 atom stereocenters. The van der Waals surface area contributed by atoms with Gasteiger partial charge in [-0.3, -0.25) is 4.90 Å². The van der Waals surface area contributed by atoms with Crippen LogP contribution in [-0.2, 0) is 9.53 Å². The van der Waals surface area contributed by atoms with Crippen molar-refractivity contribution < 1.29 is 19.4 Å². The largest absolute Gasteiger partial charge is 0.480 e. The summed E-state index contributed by atoms with van der Waals surface area (Å²) < 4.78 is 5.24. The van der Waals surface area contributed by atoms with Crippen LogP contribution in [0.3, 0.4) is 0 Å². The van der Waals surface area contributed by atoms with Gasteiger partial charge < -0.3 is 9.84 Å². The Bertz CT molecular complexity index is 382. The number of nitrogens with zero attached hydrogens (tertiary/aromatic N) is 1. The number of hydrogen-bond donors (Lipinski definition) is 1. The highest BCUT2D eigenvalue weighted by molar-refractivity contribution is 5.82. The molecule has 0 aromatic rings. The number of ether oxygens (including phenoxy) is 1. The summed E-state index contributed by atoms with van der Waals surface area (Å²) in [5, 5.41) is 9.12. The van der Waals surface area contributed by atoms with E-state index in [0.29, 0.717) is 6.42 Å². The van der Waals surface area contributed by atoms with Gasteiger partial charge in [0, 0.05) is 5.92 Å². The third-order valence-corrected chi connectivity index (χ3v) is 3.04. The van der Waals surface area contributed by atoms with Gasteiger partial charge in [-0.25, -0.2) is 9.59 Å². The summed E-state index contributed by atoms with van der Waals surface area (Å²) in [4.78, 5) is 24.4. The molecule has 5 nitrogen and oxygen atoms in total. The Morgan fingerprint density at radius 1 is 1.35 bits per heavy atom. The van der Waals surface area contributed by atoms with E-state index in [1.165, 1.54) is 4.90 Å². The van der Waals surface area contributed by atoms with Crippen molar-refractivity contribution >= 4 is 12.1 Å². The van der Waals surface area contributed by atoms with E-state index in [-0.39, 0.29) is 12.0 Å². The molecule has 0 bridgehead atoms. The number of carbonyl (C=O) groups is 2. The molecule has 1 aliphatic carbocycles. The van der Waals surface area contributed by atoms with Crippen LogP contribution in [0.1, 0.15) is 27.2 Å². The van der Waals surface area contributed by atoms with E-state index >= 15 is 0 Å². The van der Waals surface area contributed by atoms with Crippen LogP contribution in [-0.4, -0.2) is 39.8 Å². The third-order valence-electron chi connectivity index (χ3n) is 3.04. The Balaban J connectivity index is 2.14. The van der Waals surface area contributed by atoms with Gasteiger partial charge in [0.25, 0.3) is 0 Å². The Kier molecular flexibility index (Phi) is 2.64. The minimum absolute atomic E-state index is 0.106. The highest BCUT2D eigenvalue weighted by Crippen LogP contribution is 2.38. The van der Waals surface area contributed by atoms with Crippen LogP contribution < -0.4 is 0 Å². The lowest BCUT2D eigenvalue weighted by Gasteiger charge is -2.33. The lowest BCUT2D eigenvalue weighted by atomic mass is 9.89. The maximum Gasteiger partial charge on any atom is 0.411 e. The molecule has 0 saturated carbocycles. The summed E-state index contributed by atoms with van der Waals surface area (Å²) in [7, 11) is 0. The topological polar surface area (TPSA) is 66.8 Å². The van der Waals surface area contributed by atoms with E-state index in [1.807, 2.05) is 12.2 Å². The van der Waals surface area contributed by atoms with Crippen LogP contribution in [0.25, 0.3) is 0 Å². The summed E-state index contributed by atoms with van der Waals surface area (Å²) >= 11 is 0. The molecule has 1 heterocycles. The predicted molar refractivity (Wildman–Crippen MR) is 60.5 cm³/mol. The standard InChI is InChI=1S/C12H17NO4/c1-12(2,3)17-11(16)13-8-5-4-7(8)6-9(13)10(14)15/h4-5,7-9H,6H2,1-3H3,(H,14,15)/t7-,8-,9+/m1/s1. The molecular formula is C12H17NO4. The SMILES string of the molecule is CC(C)(C)OC(=O)N1[C@@H]2C=C[C@@H]2C[C@H]1C(=O)O.